The fourth-order valence-corrected chi connectivity index (χ4v) is 4.86. The van der Waals surface area contributed by atoms with Crippen LogP contribution in [0.1, 0.15) is 0 Å². The molecule has 0 radical (unpaired) electrons. The molecule has 9 heteroatoms. The number of nitrogens with zero attached hydrogens (tertiary/aromatic N) is 4. The second-order valence-electron chi connectivity index (χ2n) is 6.74. The van der Waals surface area contributed by atoms with E-state index in [1.807, 2.05) is 31.3 Å². The number of likely N-dealkylation sites (N-methyl/N-ethyl adjacent to an activating group) is 1. The predicted octanol–water partition coefficient (Wildman–Crippen LogP) is 3.07. The predicted molar refractivity (Wildman–Crippen MR) is 113 cm³/mol. The standard InChI is InChI=1S/C19H20BrN5O2S/c1-24-8-10-25(11-9-24)28(26,27)16-6-7-18-17(12-16)19(22-13-21-18)23-15-4-2-14(20)3-5-15/h2-7,12-13H,8-11H2,1H3,(H,21,22,23). The van der Waals surface area contributed by atoms with Crippen molar-refractivity contribution in [2.45, 2.75) is 4.90 Å². The van der Waals surface area contributed by atoms with Gasteiger partial charge in [0.05, 0.1) is 10.4 Å². The van der Waals surface area contributed by atoms with Crippen LogP contribution in [-0.4, -0.2) is 60.8 Å². The summed E-state index contributed by atoms with van der Waals surface area (Å²) in [5, 5.41) is 3.92. The summed E-state index contributed by atoms with van der Waals surface area (Å²) < 4.78 is 28.7. The van der Waals surface area contributed by atoms with Crippen molar-refractivity contribution in [1.29, 1.82) is 0 Å². The number of hydrogen-bond donors (Lipinski definition) is 1. The van der Waals surface area contributed by atoms with E-state index in [4.69, 9.17) is 0 Å². The molecule has 2 heterocycles. The Bertz CT molecular complexity index is 1100. The normalized spacial score (nSPS) is 16.4. The van der Waals surface area contributed by atoms with E-state index in [0.717, 1.165) is 23.2 Å². The van der Waals surface area contributed by atoms with Crippen LogP contribution in [0.5, 0.6) is 0 Å². The first-order chi connectivity index (χ1) is 13.4. The first kappa shape index (κ1) is 19.3. The Morgan fingerprint density at radius 3 is 2.43 bits per heavy atom. The molecule has 2 aromatic carbocycles. The number of fused-ring (bicyclic) bond motifs is 1. The zero-order valence-corrected chi connectivity index (χ0v) is 17.7. The number of aromatic nitrogens is 2. The summed E-state index contributed by atoms with van der Waals surface area (Å²) in [5.41, 5.74) is 1.54. The van der Waals surface area contributed by atoms with Crippen LogP contribution in [-0.2, 0) is 10.0 Å². The highest BCUT2D eigenvalue weighted by molar-refractivity contribution is 9.10. The molecule has 28 heavy (non-hydrogen) atoms. The van der Waals surface area contributed by atoms with E-state index in [1.165, 1.54) is 6.33 Å². The molecule has 1 aliphatic rings. The number of benzene rings is 2. The average Bonchev–Trinajstić information content (AvgIpc) is 2.70. The molecule has 0 unspecified atom stereocenters. The Labute approximate surface area is 172 Å². The third-order valence-electron chi connectivity index (χ3n) is 4.81. The highest BCUT2D eigenvalue weighted by Gasteiger charge is 2.27. The molecular formula is C19H20BrN5O2S. The van der Waals surface area contributed by atoms with Crippen molar-refractivity contribution in [3.05, 3.63) is 53.3 Å². The van der Waals surface area contributed by atoms with Crippen LogP contribution in [0.2, 0.25) is 0 Å². The van der Waals surface area contributed by atoms with E-state index >= 15 is 0 Å². The van der Waals surface area contributed by atoms with Gasteiger partial charge in [-0.05, 0) is 49.5 Å². The first-order valence-electron chi connectivity index (χ1n) is 8.89. The number of piperazine rings is 1. The van der Waals surface area contributed by atoms with Crippen molar-refractivity contribution in [3.63, 3.8) is 0 Å². The van der Waals surface area contributed by atoms with Gasteiger partial charge in [-0.2, -0.15) is 4.31 Å². The van der Waals surface area contributed by atoms with Crippen LogP contribution >= 0.6 is 15.9 Å². The molecule has 7 nitrogen and oxygen atoms in total. The maximum Gasteiger partial charge on any atom is 0.243 e. The second-order valence-corrected chi connectivity index (χ2v) is 9.59. The van der Waals surface area contributed by atoms with Gasteiger partial charge >= 0.3 is 0 Å². The quantitative estimate of drug-likeness (QED) is 0.642. The van der Waals surface area contributed by atoms with Crippen LogP contribution < -0.4 is 5.32 Å². The SMILES string of the molecule is CN1CCN(S(=O)(=O)c2ccc3ncnc(Nc4ccc(Br)cc4)c3c2)CC1. The molecule has 4 rings (SSSR count). The molecule has 0 saturated carbocycles. The van der Waals surface area contributed by atoms with Gasteiger partial charge in [0.1, 0.15) is 12.1 Å². The summed E-state index contributed by atoms with van der Waals surface area (Å²) in [4.78, 5) is 11.0. The van der Waals surface area contributed by atoms with E-state index in [1.54, 1.807) is 22.5 Å². The van der Waals surface area contributed by atoms with Gasteiger partial charge in [-0.15, -0.1) is 0 Å². The van der Waals surface area contributed by atoms with Gasteiger partial charge in [0.25, 0.3) is 0 Å². The molecule has 0 aliphatic carbocycles. The van der Waals surface area contributed by atoms with Crippen molar-refractivity contribution < 1.29 is 8.42 Å². The highest BCUT2D eigenvalue weighted by Crippen LogP contribution is 2.27. The molecular weight excluding hydrogens is 442 g/mol. The lowest BCUT2D eigenvalue weighted by molar-refractivity contribution is 0.222. The molecule has 1 saturated heterocycles. The van der Waals surface area contributed by atoms with E-state index in [2.05, 4.69) is 36.1 Å². The highest BCUT2D eigenvalue weighted by atomic mass is 79.9. The zero-order valence-electron chi connectivity index (χ0n) is 15.3. The summed E-state index contributed by atoms with van der Waals surface area (Å²) >= 11 is 3.42. The number of anilines is 2. The topological polar surface area (TPSA) is 78.4 Å². The lowest BCUT2D eigenvalue weighted by atomic mass is 10.2. The van der Waals surface area contributed by atoms with E-state index in [9.17, 15) is 8.42 Å². The summed E-state index contributed by atoms with van der Waals surface area (Å²) in [6.45, 7) is 2.44. The Hall–Kier alpha value is -2.07. The average molecular weight is 462 g/mol. The molecule has 1 fully saturated rings. The van der Waals surface area contributed by atoms with Crippen molar-refractivity contribution in [3.8, 4) is 0 Å². The van der Waals surface area contributed by atoms with Crippen LogP contribution in [0.15, 0.2) is 58.2 Å². The van der Waals surface area contributed by atoms with Gasteiger partial charge in [0.15, 0.2) is 0 Å². The Balaban J connectivity index is 1.70. The van der Waals surface area contributed by atoms with Crippen molar-refractivity contribution >= 4 is 48.4 Å². The smallest absolute Gasteiger partial charge is 0.243 e. The van der Waals surface area contributed by atoms with Gasteiger partial charge in [-0.25, -0.2) is 18.4 Å². The van der Waals surface area contributed by atoms with Gasteiger partial charge < -0.3 is 10.2 Å². The summed E-state index contributed by atoms with van der Waals surface area (Å²) in [7, 11) is -1.56. The summed E-state index contributed by atoms with van der Waals surface area (Å²) in [5.74, 6) is 0.572. The van der Waals surface area contributed by atoms with Crippen molar-refractivity contribution in [2.75, 3.05) is 38.5 Å². The maximum absolute atomic E-state index is 13.1. The third-order valence-corrected chi connectivity index (χ3v) is 7.24. The minimum atomic E-state index is -3.56. The number of hydrogen-bond acceptors (Lipinski definition) is 6. The number of rotatable bonds is 4. The van der Waals surface area contributed by atoms with E-state index in [0.29, 0.717) is 29.8 Å². The van der Waals surface area contributed by atoms with Gasteiger partial charge in [0, 0.05) is 41.7 Å². The molecule has 1 aliphatic heterocycles. The maximum atomic E-state index is 13.1. The zero-order chi connectivity index (χ0) is 19.7. The van der Waals surface area contributed by atoms with Crippen LogP contribution in [0.3, 0.4) is 0 Å². The number of sulfonamides is 1. The fourth-order valence-electron chi connectivity index (χ4n) is 3.14. The summed E-state index contributed by atoms with van der Waals surface area (Å²) in [6, 6.07) is 12.7. The van der Waals surface area contributed by atoms with E-state index < -0.39 is 10.0 Å². The van der Waals surface area contributed by atoms with Crippen molar-refractivity contribution in [1.82, 2.24) is 19.2 Å². The minimum Gasteiger partial charge on any atom is -0.340 e. The lowest BCUT2D eigenvalue weighted by Crippen LogP contribution is -2.46. The van der Waals surface area contributed by atoms with E-state index in [-0.39, 0.29) is 4.90 Å². The van der Waals surface area contributed by atoms with Gasteiger partial charge in [-0.1, -0.05) is 15.9 Å². The Morgan fingerprint density at radius 2 is 1.71 bits per heavy atom. The largest absolute Gasteiger partial charge is 0.340 e. The third kappa shape index (κ3) is 3.88. The second kappa shape index (κ2) is 7.75. The van der Waals surface area contributed by atoms with Crippen molar-refractivity contribution in [2.24, 2.45) is 0 Å². The fraction of sp³-hybridized carbons (Fsp3) is 0.263. The number of nitrogens with one attached hydrogen (secondary N) is 1. The van der Waals surface area contributed by atoms with Crippen LogP contribution in [0, 0.1) is 0 Å². The van der Waals surface area contributed by atoms with Crippen LogP contribution in [0.4, 0.5) is 11.5 Å². The van der Waals surface area contributed by atoms with Crippen LogP contribution in [0.25, 0.3) is 10.9 Å². The molecule has 0 bridgehead atoms. The lowest BCUT2D eigenvalue weighted by Gasteiger charge is -2.31. The molecule has 1 aromatic heterocycles. The molecule has 1 N–H and O–H groups in total. The first-order valence-corrected chi connectivity index (χ1v) is 11.1. The Morgan fingerprint density at radius 1 is 1.00 bits per heavy atom. The molecule has 0 spiro atoms. The number of halogens is 1. The van der Waals surface area contributed by atoms with Gasteiger partial charge in [0.2, 0.25) is 10.0 Å². The minimum absolute atomic E-state index is 0.262. The monoisotopic (exact) mass is 461 g/mol. The summed E-state index contributed by atoms with van der Waals surface area (Å²) in [6.07, 6.45) is 1.47. The molecule has 146 valence electrons. The molecule has 3 aromatic rings. The molecule has 0 amide bonds. The van der Waals surface area contributed by atoms with Gasteiger partial charge in [-0.3, -0.25) is 0 Å². The Kier molecular flexibility index (Phi) is 5.33. The molecule has 0 atom stereocenters.